The number of Topliss-reactive ketones (excluding diaryl/α,β-unsaturated/α-hetero) is 1. The van der Waals surface area contributed by atoms with E-state index in [1.807, 2.05) is 30.3 Å². The largest absolute Gasteiger partial charge is 0.310 e. The van der Waals surface area contributed by atoms with Gasteiger partial charge in [0.25, 0.3) is 11.8 Å². The van der Waals surface area contributed by atoms with E-state index in [-0.39, 0.29) is 17.6 Å². The van der Waals surface area contributed by atoms with Crippen LogP contribution in [0.2, 0.25) is 0 Å². The first kappa shape index (κ1) is 18.8. The van der Waals surface area contributed by atoms with E-state index in [1.165, 1.54) is 9.80 Å². The Morgan fingerprint density at radius 3 is 2.23 bits per heavy atom. The van der Waals surface area contributed by atoms with Crippen molar-refractivity contribution in [2.24, 2.45) is 0 Å². The molecule has 0 aliphatic carbocycles. The molecule has 0 aromatic heterocycles. The summed E-state index contributed by atoms with van der Waals surface area (Å²) in [5.74, 6) is -0.750. The summed E-state index contributed by atoms with van der Waals surface area (Å²) in [4.78, 5) is 43.3. The molecule has 2 amide bonds. The van der Waals surface area contributed by atoms with Gasteiger partial charge < -0.3 is 4.90 Å². The Labute approximate surface area is 182 Å². The number of rotatable bonds is 3. The number of anilines is 1. The van der Waals surface area contributed by atoms with Crippen LogP contribution >= 0.6 is 15.9 Å². The monoisotopic (exact) mass is 460 g/mol. The summed E-state index contributed by atoms with van der Waals surface area (Å²) >= 11 is 3.41. The van der Waals surface area contributed by atoms with Gasteiger partial charge in [-0.25, -0.2) is 0 Å². The Bertz CT molecular complexity index is 1190. The topological polar surface area (TPSA) is 57.7 Å². The number of hydrogen-bond acceptors (Lipinski definition) is 3. The molecule has 0 saturated carbocycles. The number of hydrogen-bond donors (Lipinski definition) is 0. The number of benzene rings is 3. The molecule has 2 aliphatic heterocycles. The number of amides is 2. The van der Waals surface area contributed by atoms with Crippen molar-refractivity contribution < 1.29 is 14.4 Å². The molecule has 0 spiro atoms. The molecule has 3 aromatic rings. The van der Waals surface area contributed by atoms with Gasteiger partial charge >= 0.3 is 0 Å². The number of fused-ring (bicyclic) bond motifs is 4. The molecule has 2 heterocycles. The van der Waals surface area contributed by atoms with Crippen LogP contribution in [-0.2, 0) is 6.42 Å². The highest BCUT2D eigenvalue weighted by atomic mass is 79.9. The van der Waals surface area contributed by atoms with Crippen molar-refractivity contribution in [2.45, 2.75) is 12.6 Å². The zero-order valence-electron chi connectivity index (χ0n) is 15.9. The summed E-state index contributed by atoms with van der Waals surface area (Å²) in [5, 5.41) is 0. The minimum absolute atomic E-state index is 0.236. The van der Waals surface area contributed by atoms with Crippen LogP contribution < -0.4 is 4.90 Å². The van der Waals surface area contributed by atoms with Crippen LogP contribution in [0.5, 0.6) is 0 Å². The minimum Gasteiger partial charge on any atom is -0.310 e. The van der Waals surface area contributed by atoms with Crippen molar-refractivity contribution in [3.8, 4) is 0 Å². The molecule has 2 aliphatic rings. The smallest absolute Gasteiger partial charge is 0.261 e. The summed E-state index contributed by atoms with van der Waals surface area (Å²) in [6.07, 6.45) is -0.388. The van der Waals surface area contributed by atoms with Gasteiger partial charge in [0.1, 0.15) is 0 Å². The van der Waals surface area contributed by atoms with Crippen LogP contribution in [0.15, 0.2) is 77.3 Å². The van der Waals surface area contributed by atoms with Crippen LogP contribution in [0.25, 0.3) is 0 Å². The maximum Gasteiger partial charge on any atom is 0.261 e. The summed E-state index contributed by atoms with van der Waals surface area (Å²) in [7, 11) is 0. The third-order valence-corrected chi connectivity index (χ3v) is 6.10. The Morgan fingerprint density at radius 2 is 1.47 bits per heavy atom. The molecule has 5 rings (SSSR count). The van der Waals surface area contributed by atoms with Crippen molar-refractivity contribution in [1.29, 1.82) is 0 Å². The van der Waals surface area contributed by atoms with Crippen LogP contribution in [0.4, 0.5) is 5.69 Å². The average molecular weight is 461 g/mol. The summed E-state index contributed by atoms with van der Waals surface area (Å²) in [6.45, 7) is 0.331. The maximum atomic E-state index is 13.4. The minimum atomic E-state index is -0.975. The van der Waals surface area contributed by atoms with Gasteiger partial charge in [-0.15, -0.1) is 0 Å². The quantitative estimate of drug-likeness (QED) is 0.584. The first-order valence-electron chi connectivity index (χ1n) is 9.67. The number of carbonyl (C=O) groups is 3. The van der Waals surface area contributed by atoms with Crippen LogP contribution in [0.3, 0.4) is 0 Å². The Kier molecular flexibility index (Phi) is 4.51. The fourth-order valence-electron chi connectivity index (χ4n) is 4.18. The molecular formula is C24H17BrN2O3. The van der Waals surface area contributed by atoms with Crippen molar-refractivity contribution in [1.82, 2.24) is 4.90 Å². The molecule has 148 valence electrons. The standard InChI is InChI=1S/C24H17BrN2O3/c25-16-10-11-20-19(14-16)23(29)26(13-12-15-6-2-1-3-7-15)22-21(28)17-8-4-5-9-18(17)24(30)27(20)22/h1-11,14,22H,12-13H2. The van der Waals surface area contributed by atoms with E-state index in [9.17, 15) is 14.4 Å². The van der Waals surface area contributed by atoms with Gasteiger partial charge in [-0.3, -0.25) is 19.3 Å². The first-order chi connectivity index (χ1) is 14.6. The lowest BCUT2D eigenvalue weighted by Crippen LogP contribution is -2.63. The lowest BCUT2D eigenvalue weighted by atomic mass is 9.91. The van der Waals surface area contributed by atoms with E-state index < -0.39 is 6.17 Å². The second kappa shape index (κ2) is 7.22. The maximum absolute atomic E-state index is 13.4. The van der Waals surface area contributed by atoms with Gasteiger partial charge in [-0.2, -0.15) is 0 Å². The molecule has 5 nitrogen and oxygen atoms in total. The van der Waals surface area contributed by atoms with E-state index >= 15 is 0 Å². The van der Waals surface area contributed by atoms with Crippen LogP contribution in [-0.4, -0.2) is 35.2 Å². The zero-order chi connectivity index (χ0) is 20.8. The molecule has 0 radical (unpaired) electrons. The lowest BCUT2D eigenvalue weighted by molar-refractivity contribution is 0.0557. The van der Waals surface area contributed by atoms with E-state index in [2.05, 4.69) is 15.9 Å². The molecular weight excluding hydrogens is 444 g/mol. The van der Waals surface area contributed by atoms with Gasteiger partial charge in [0.2, 0.25) is 5.78 Å². The van der Waals surface area contributed by atoms with Gasteiger partial charge in [-0.05, 0) is 36.2 Å². The number of nitrogens with zero attached hydrogens (tertiary/aromatic N) is 2. The van der Waals surface area contributed by atoms with E-state index in [0.29, 0.717) is 35.3 Å². The second-order valence-corrected chi connectivity index (χ2v) is 8.27. The van der Waals surface area contributed by atoms with E-state index in [0.717, 1.165) is 10.0 Å². The SMILES string of the molecule is O=C1c2ccccc2C(=O)N2c3ccc(Br)cc3C(=O)N(CCc3ccccc3)C12. The summed E-state index contributed by atoms with van der Waals surface area (Å²) < 4.78 is 0.743. The lowest BCUT2D eigenvalue weighted by Gasteiger charge is -2.45. The van der Waals surface area contributed by atoms with E-state index in [1.54, 1.807) is 42.5 Å². The van der Waals surface area contributed by atoms with Gasteiger partial charge in [0.15, 0.2) is 6.17 Å². The normalized spacial score (nSPS) is 17.5. The van der Waals surface area contributed by atoms with Crippen molar-refractivity contribution >= 4 is 39.2 Å². The molecule has 6 heteroatoms. The fourth-order valence-corrected chi connectivity index (χ4v) is 4.54. The van der Waals surface area contributed by atoms with Crippen LogP contribution in [0.1, 0.15) is 36.6 Å². The van der Waals surface area contributed by atoms with Crippen LogP contribution in [0, 0.1) is 0 Å². The predicted molar refractivity (Wildman–Crippen MR) is 117 cm³/mol. The molecule has 30 heavy (non-hydrogen) atoms. The molecule has 3 aromatic carbocycles. The third kappa shape index (κ3) is 2.87. The molecule has 0 saturated heterocycles. The predicted octanol–water partition coefficient (Wildman–Crippen LogP) is 4.32. The molecule has 0 fully saturated rings. The highest BCUT2D eigenvalue weighted by molar-refractivity contribution is 9.10. The average Bonchev–Trinajstić information content (AvgIpc) is 2.77. The van der Waals surface area contributed by atoms with Crippen molar-refractivity contribution in [3.63, 3.8) is 0 Å². The number of ketones is 1. The summed E-state index contributed by atoms with van der Waals surface area (Å²) in [5.41, 5.74) is 2.67. The van der Waals surface area contributed by atoms with Crippen molar-refractivity contribution in [2.75, 3.05) is 11.4 Å². The van der Waals surface area contributed by atoms with Gasteiger partial charge in [-0.1, -0.05) is 64.5 Å². The first-order valence-corrected chi connectivity index (χ1v) is 10.5. The van der Waals surface area contributed by atoms with Crippen molar-refractivity contribution in [3.05, 3.63) is 99.5 Å². The zero-order valence-corrected chi connectivity index (χ0v) is 17.5. The van der Waals surface area contributed by atoms with Gasteiger partial charge in [0, 0.05) is 16.6 Å². The van der Waals surface area contributed by atoms with Gasteiger partial charge in [0.05, 0.1) is 16.8 Å². The highest BCUT2D eigenvalue weighted by Crippen LogP contribution is 2.38. The van der Waals surface area contributed by atoms with E-state index in [4.69, 9.17) is 0 Å². The Hall–Kier alpha value is -3.25. The molecule has 0 N–H and O–H groups in total. The third-order valence-electron chi connectivity index (χ3n) is 5.61. The molecule has 1 unspecified atom stereocenters. The fraction of sp³-hybridized carbons (Fsp3) is 0.125. The molecule has 0 bridgehead atoms. The Morgan fingerprint density at radius 1 is 0.767 bits per heavy atom. The molecule has 1 atom stereocenters. The second-order valence-electron chi connectivity index (χ2n) is 7.35. The summed E-state index contributed by atoms with van der Waals surface area (Å²) in [6, 6.07) is 21.8. The Balaban J connectivity index is 1.63. The number of halogens is 1. The highest BCUT2D eigenvalue weighted by Gasteiger charge is 2.48. The number of carbonyl (C=O) groups excluding carboxylic acids is 3.